The number of aromatic amines is 1. The predicted octanol–water partition coefficient (Wildman–Crippen LogP) is 4.94. The Bertz CT molecular complexity index is 1250. The maximum Gasteiger partial charge on any atom is 0.348 e. The third-order valence-corrected chi connectivity index (χ3v) is 6.20. The van der Waals surface area contributed by atoms with Crippen LogP contribution in [0.5, 0.6) is 0 Å². The van der Waals surface area contributed by atoms with Crippen LogP contribution in [-0.4, -0.2) is 22.5 Å². The number of nitrogens with zero attached hydrogens (tertiary/aromatic N) is 1. The molecule has 2 aromatic carbocycles. The lowest BCUT2D eigenvalue weighted by Crippen LogP contribution is -2.12. The second kappa shape index (κ2) is 8.81. The van der Waals surface area contributed by atoms with Gasteiger partial charge >= 0.3 is 5.97 Å². The van der Waals surface area contributed by atoms with Crippen LogP contribution in [0.2, 0.25) is 5.02 Å². The van der Waals surface area contributed by atoms with Crippen molar-refractivity contribution in [1.82, 2.24) is 9.97 Å². The SMILES string of the molecule is Cc1c(C(=O)OCCc2ccccc2)sc2nc(Cc3ccc(Cl)cc3)[nH]c(=O)c12. The highest BCUT2D eigenvalue weighted by Gasteiger charge is 2.20. The Morgan fingerprint density at radius 3 is 2.57 bits per heavy atom. The zero-order chi connectivity index (χ0) is 21.1. The number of hydrogen-bond acceptors (Lipinski definition) is 5. The van der Waals surface area contributed by atoms with Crippen LogP contribution in [0, 0.1) is 6.92 Å². The molecule has 4 aromatic rings. The Kier molecular flexibility index (Phi) is 5.97. The Labute approximate surface area is 182 Å². The van der Waals surface area contributed by atoms with E-state index >= 15 is 0 Å². The van der Waals surface area contributed by atoms with Crippen molar-refractivity contribution in [2.45, 2.75) is 19.8 Å². The van der Waals surface area contributed by atoms with Crippen molar-refractivity contribution in [2.75, 3.05) is 6.61 Å². The molecule has 0 unspecified atom stereocenters. The molecular formula is C23H19ClN2O3S. The fourth-order valence-electron chi connectivity index (χ4n) is 3.23. The molecule has 0 saturated carbocycles. The minimum absolute atomic E-state index is 0.249. The van der Waals surface area contributed by atoms with Gasteiger partial charge in [-0.05, 0) is 35.7 Å². The summed E-state index contributed by atoms with van der Waals surface area (Å²) in [4.78, 5) is 33.6. The summed E-state index contributed by atoms with van der Waals surface area (Å²) in [6.45, 7) is 2.03. The average Bonchev–Trinajstić information content (AvgIpc) is 3.07. The quantitative estimate of drug-likeness (QED) is 0.433. The lowest BCUT2D eigenvalue weighted by molar-refractivity contribution is 0.0514. The normalized spacial score (nSPS) is 11.0. The number of nitrogens with one attached hydrogen (secondary N) is 1. The highest BCUT2D eigenvalue weighted by atomic mass is 35.5. The molecule has 2 aromatic heterocycles. The molecule has 0 bridgehead atoms. The van der Waals surface area contributed by atoms with Crippen LogP contribution < -0.4 is 5.56 Å². The van der Waals surface area contributed by atoms with Crippen LogP contribution in [0.25, 0.3) is 10.2 Å². The van der Waals surface area contributed by atoms with Crippen molar-refractivity contribution in [2.24, 2.45) is 0 Å². The summed E-state index contributed by atoms with van der Waals surface area (Å²) in [5, 5.41) is 1.09. The topological polar surface area (TPSA) is 72.0 Å². The number of benzene rings is 2. The first-order chi connectivity index (χ1) is 14.5. The van der Waals surface area contributed by atoms with E-state index in [-0.39, 0.29) is 12.2 Å². The number of thiophene rings is 1. The van der Waals surface area contributed by atoms with Gasteiger partial charge in [0.25, 0.3) is 5.56 Å². The molecule has 152 valence electrons. The van der Waals surface area contributed by atoms with Gasteiger partial charge in [0.1, 0.15) is 15.5 Å². The second-order valence-electron chi connectivity index (χ2n) is 6.92. The summed E-state index contributed by atoms with van der Waals surface area (Å²) in [5.74, 6) is 0.116. The molecule has 0 spiro atoms. The van der Waals surface area contributed by atoms with E-state index in [2.05, 4.69) is 9.97 Å². The number of carbonyl (C=O) groups is 1. The lowest BCUT2D eigenvalue weighted by atomic mass is 10.1. The van der Waals surface area contributed by atoms with Gasteiger partial charge in [-0.1, -0.05) is 54.1 Å². The second-order valence-corrected chi connectivity index (χ2v) is 8.36. The molecule has 1 N–H and O–H groups in total. The molecule has 0 aliphatic carbocycles. The third kappa shape index (κ3) is 4.45. The van der Waals surface area contributed by atoms with Crippen LogP contribution in [0.1, 0.15) is 32.2 Å². The first kappa shape index (κ1) is 20.3. The van der Waals surface area contributed by atoms with E-state index in [0.29, 0.717) is 44.3 Å². The standard InChI is InChI=1S/C23H19ClN2O3S/c1-14-19-21(27)25-18(13-16-7-9-17(24)10-8-16)26-22(19)30-20(14)23(28)29-12-11-15-5-3-2-4-6-15/h2-10H,11-13H2,1H3,(H,25,26,27). The summed E-state index contributed by atoms with van der Waals surface area (Å²) >= 11 is 7.12. The zero-order valence-corrected chi connectivity index (χ0v) is 17.8. The Morgan fingerprint density at radius 2 is 1.83 bits per heavy atom. The number of H-pyrrole nitrogens is 1. The number of aromatic nitrogens is 2. The lowest BCUT2D eigenvalue weighted by Gasteiger charge is -2.04. The van der Waals surface area contributed by atoms with E-state index in [9.17, 15) is 9.59 Å². The van der Waals surface area contributed by atoms with Gasteiger partial charge in [0.2, 0.25) is 0 Å². The van der Waals surface area contributed by atoms with E-state index in [0.717, 1.165) is 11.1 Å². The van der Waals surface area contributed by atoms with E-state index in [1.165, 1.54) is 11.3 Å². The number of ether oxygens (including phenoxy) is 1. The molecule has 0 amide bonds. The molecule has 0 aliphatic rings. The van der Waals surface area contributed by atoms with Crippen LogP contribution in [-0.2, 0) is 17.6 Å². The smallest absolute Gasteiger partial charge is 0.348 e. The third-order valence-electron chi connectivity index (χ3n) is 4.79. The summed E-state index contributed by atoms with van der Waals surface area (Å²) in [6.07, 6.45) is 1.11. The highest BCUT2D eigenvalue weighted by Crippen LogP contribution is 2.28. The van der Waals surface area contributed by atoms with Crippen LogP contribution in [0.15, 0.2) is 59.4 Å². The first-order valence-corrected chi connectivity index (χ1v) is 10.7. The molecule has 0 saturated heterocycles. The molecule has 30 heavy (non-hydrogen) atoms. The van der Waals surface area contributed by atoms with Crippen molar-refractivity contribution in [3.8, 4) is 0 Å². The molecule has 0 radical (unpaired) electrons. The Balaban J connectivity index is 1.53. The van der Waals surface area contributed by atoms with Gasteiger partial charge in [0, 0.05) is 17.9 Å². The largest absolute Gasteiger partial charge is 0.461 e. The number of aryl methyl sites for hydroxylation is 1. The Hall–Kier alpha value is -2.96. The van der Waals surface area contributed by atoms with Crippen molar-refractivity contribution in [3.05, 3.63) is 97.4 Å². The van der Waals surface area contributed by atoms with Crippen molar-refractivity contribution < 1.29 is 9.53 Å². The van der Waals surface area contributed by atoms with E-state index in [4.69, 9.17) is 16.3 Å². The minimum atomic E-state index is -0.426. The fourth-order valence-corrected chi connectivity index (χ4v) is 4.45. The van der Waals surface area contributed by atoms with Gasteiger partial charge in [-0.3, -0.25) is 4.79 Å². The van der Waals surface area contributed by atoms with Gasteiger partial charge in [-0.15, -0.1) is 11.3 Å². The van der Waals surface area contributed by atoms with Crippen LogP contribution >= 0.6 is 22.9 Å². The molecule has 0 aliphatic heterocycles. The summed E-state index contributed by atoms with van der Waals surface area (Å²) in [5.41, 5.74) is 2.44. The molecule has 2 heterocycles. The summed E-state index contributed by atoms with van der Waals surface area (Å²) < 4.78 is 5.44. The van der Waals surface area contributed by atoms with Gasteiger partial charge in [-0.2, -0.15) is 0 Å². The van der Waals surface area contributed by atoms with E-state index < -0.39 is 5.97 Å². The molecule has 0 atom stereocenters. The number of esters is 1. The van der Waals surface area contributed by atoms with E-state index in [1.807, 2.05) is 42.5 Å². The minimum Gasteiger partial charge on any atom is -0.461 e. The van der Waals surface area contributed by atoms with Crippen molar-refractivity contribution in [1.29, 1.82) is 0 Å². The van der Waals surface area contributed by atoms with Crippen molar-refractivity contribution in [3.63, 3.8) is 0 Å². The fraction of sp³-hybridized carbons (Fsp3) is 0.174. The van der Waals surface area contributed by atoms with Gasteiger partial charge in [-0.25, -0.2) is 9.78 Å². The predicted molar refractivity (Wildman–Crippen MR) is 120 cm³/mol. The summed E-state index contributed by atoms with van der Waals surface area (Å²) in [6, 6.07) is 17.2. The first-order valence-electron chi connectivity index (χ1n) is 9.49. The number of rotatable bonds is 6. The van der Waals surface area contributed by atoms with Crippen LogP contribution in [0.3, 0.4) is 0 Å². The maximum absolute atomic E-state index is 12.6. The molecular weight excluding hydrogens is 420 g/mol. The number of fused-ring (bicyclic) bond motifs is 1. The van der Waals surface area contributed by atoms with Crippen molar-refractivity contribution >= 4 is 39.1 Å². The molecule has 4 rings (SSSR count). The highest BCUT2D eigenvalue weighted by molar-refractivity contribution is 7.20. The zero-order valence-electron chi connectivity index (χ0n) is 16.3. The molecule has 5 nitrogen and oxygen atoms in total. The van der Waals surface area contributed by atoms with Gasteiger partial charge in [0.05, 0.1) is 12.0 Å². The van der Waals surface area contributed by atoms with Crippen LogP contribution in [0.4, 0.5) is 0 Å². The number of halogens is 1. The van der Waals surface area contributed by atoms with Gasteiger partial charge in [0.15, 0.2) is 0 Å². The molecule has 7 heteroatoms. The van der Waals surface area contributed by atoms with E-state index in [1.54, 1.807) is 19.1 Å². The number of carbonyl (C=O) groups excluding carboxylic acids is 1. The van der Waals surface area contributed by atoms with Gasteiger partial charge < -0.3 is 9.72 Å². The molecule has 0 fully saturated rings. The maximum atomic E-state index is 12.6. The Morgan fingerprint density at radius 1 is 1.10 bits per heavy atom. The monoisotopic (exact) mass is 438 g/mol. The summed E-state index contributed by atoms with van der Waals surface area (Å²) in [7, 11) is 0. The number of hydrogen-bond donors (Lipinski definition) is 1. The average molecular weight is 439 g/mol.